The Morgan fingerprint density at radius 3 is 2.73 bits per heavy atom. The Bertz CT molecular complexity index is 408. The standard InChI is InChI=1S/C11H14N4/c1-2-6-11-12-14-15(13-11)9-10-7-4-3-5-8-10/h3-5,7-8H,2,6,9H2,1H3. The van der Waals surface area contributed by atoms with Crippen LogP contribution >= 0.6 is 0 Å². The summed E-state index contributed by atoms with van der Waals surface area (Å²) >= 11 is 0. The van der Waals surface area contributed by atoms with Gasteiger partial charge in [-0.2, -0.15) is 4.80 Å². The molecule has 1 aromatic heterocycles. The van der Waals surface area contributed by atoms with E-state index in [0.717, 1.165) is 18.7 Å². The van der Waals surface area contributed by atoms with E-state index in [0.29, 0.717) is 6.54 Å². The Morgan fingerprint density at radius 2 is 2.00 bits per heavy atom. The van der Waals surface area contributed by atoms with E-state index in [1.165, 1.54) is 5.56 Å². The van der Waals surface area contributed by atoms with Gasteiger partial charge in [0.05, 0.1) is 6.54 Å². The van der Waals surface area contributed by atoms with Crippen LogP contribution in [0.2, 0.25) is 0 Å². The first-order valence-corrected chi connectivity index (χ1v) is 5.19. The minimum absolute atomic E-state index is 0.692. The summed E-state index contributed by atoms with van der Waals surface area (Å²) in [7, 11) is 0. The van der Waals surface area contributed by atoms with Crippen molar-refractivity contribution in [3.63, 3.8) is 0 Å². The molecule has 0 saturated heterocycles. The van der Waals surface area contributed by atoms with Gasteiger partial charge in [-0.15, -0.1) is 10.2 Å². The van der Waals surface area contributed by atoms with Crippen molar-refractivity contribution in [1.29, 1.82) is 0 Å². The van der Waals surface area contributed by atoms with Gasteiger partial charge < -0.3 is 0 Å². The number of aryl methyl sites for hydroxylation is 1. The third-order valence-corrected chi connectivity index (χ3v) is 2.13. The van der Waals surface area contributed by atoms with Crippen molar-refractivity contribution in [3.8, 4) is 0 Å². The van der Waals surface area contributed by atoms with Gasteiger partial charge in [0.2, 0.25) is 0 Å². The monoisotopic (exact) mass is 202 g/mol. The summed E-state index contributed by atoms with van der Waals surface area (Å²) in [5.74, 6) is 0.827. The van der Waals surface area contributed by atoms with Gasteiger partial charge in [-0.25, -0.2) is 0 Å². The van der Waals surface area contributed by atoms with Gasteiger partial charge in [-0.3, -0.25) is 0 Å². The molecule has 0 N–H and O–H groups in total. The van der Waals surface area contributed by atoms with E-state index in [9.17, 15) is 0 Å². The molecule has 1 aromatic carbocycles. The van der Waals surface area contributed by atoms with E-state index in [4.69, 9.17) is 0 Å². The molecule has 0 spiro atoms. The number of hydrogen-bond donors (Lipinski definition) is 0. The molecule has 0 radical (unpaired) electrons. The summed E-state index contributed by atoms with van der Waals surface area (Å²) in [5.41, 5.74) is 1.19. The maximum atomic E-state index is 4.29. The van der Waals surface area contributed by atoms with Crippen molar-refractivity contribution in [3.05, 3.63) is 41.7 Å². The average molecular weight is 202 g/mol. The second kappa shape index (κ2) is 4.68. The van der Waals surface area contributed by atoms with Gasteiger partial charge in [0.15, 0.2) is 5.82 Å². The maximum absolute atomic E-state index is 4.29. The molecule has 0 aliphatic carbocycles. The smallest absolute Gasteiger partial charge is 0.160 e. The number of rotatable bonds is 4. The minimum atomic E-state index is 0.692. The SMILES string of the molecule is CCCc1nnn(Cc2ccccc2)n1. The van der Waals surface area contributed by atoms with E-state index >= 15 is 0 Å². The lowest BCUT2D eigenvalue weighted by Gasteiger charge is -1.97. The van der Waals surface area contributed by atoms with Crippen molar-refractivity contribution in [2.45, 2.75) is 26.3 Å². The molecular formula is C11H14N4. The third-order valence-electron chi connectivity index (χ3n) is 2.13. The number of hydrogen-bond acceptors (Lipinski definition) is 3. The summed E-state index contributed by atoms with van der Waals surface area (Å²) in [6.45, 7) is 2.80. The lowest BCUT2D eigenvalue weighted by Crippen LogP contribution is -2.04. The zero-order valence-corrected chi connectivity index (χ0v) is 8.80. The fourth-order valence-electron chi connectivity index (χ4n) is 1.41. The molecule has 0 fully saturated rings. The van der Waals surface area contributed by atoms with Crippen LogP contribution in [0.25, 0.3) is 0 Å². The van der Waals surface area contributed by atoms with Gasteiger partial charge in [-0.05, 0) is 17.2 Å². The Hall–Kier alpha value is -1.71. The van der Waals surface area contributed by atoms with Crippen LogP contribution in [-0.4, -0.2) is 20.2 Å². The normalized spacial score (nSPS) is 10.5. The molecule has 0 aliphatic heterocycles. The van der Waals surface area contributed by atoms with Crippen LogP contribution in [0.1, 0.15) is 24.7 Å². The van der Waals surface area contributed by atoms with Crippen LogP contribution in [0.3, 0.4) is 0 Å². The highest BCUT2D eigenvalue weighted by Gasteiger charge is 2.01. The summed E-state index contributed by atoms with van der Waals surface area (Å²) in [6, 6.07) is 10.1. The van der Waals surface area contributed by atoms with Crippen LogP contribution in [0.5, 0.6) is 0 Å². The predicted molar refractivity (Wildman–Crippen MR) is 57.4 cm³/mol. The first-order valence-electron chi connectivity index (χ1n) is 5.19. The first kappa shape index (κ1) is 9.83. The lowest BCUT2D eigenvalue weighted by molar-refractivity contribution is 0.570. The van der Waals surface area contributed by atoms with Crippen molar-refractivity contribution >= 4 is 0 Å². The molecule has 4 heteroatoms. The molecular weight excluding hydrogens is 188 g/mol. The fraction of sp³-hybridized carbons (Fsp3) is 0.364. The molecule has 1 heterocycles. The lowest BCUT2D eigenvalue weighted by atomic mass is 10.2. The molecule has 2 rings (SSSR count). The van der Waals surface area contributed by atoms with Crippen LogP contribution in [0.15, 0.2) is 30.3 Å². The topological polar surface area (TPSA) is 43.6 Å². The highest BCUT2D eigenvalue weighted by molar-refractivity contribution is 5.14. The molecule has 0 aliphatic rings. The number of nitrogens with zero attached hydrogens (tertiary/aromatic N) is 4. The molecule has 0 saturated carbocycles. The van der Waals surface area contributed by atoms with Crippen LogP contribution < -0.4 is 0 Å². The molecule has 15 heavy (non-hydrogen) atoms. The fourth-order valence-corrected chi connectivity index (χ4v) is 1.41. The predicted octanol–water partition coefficient (Wildman–Crippen LogP) is 1.67. The zero-order chi connectivity index (χ0) is 10.5. The minimum Gasteiger partial charge on any atom is -0.160 e. The van der Waals surface area contributed by atoms with Gasteiger partial charge >= 0.3 is 0 Å². The van der Waals surface area contributed by atoms with E-state index in [1.807, 2.05) is 18.2 Å². The van der Waals surface area contributed by atoms with Crippen molar-refractivity contribution in [1.82, 2.24) is 20.2 Å². The molecule has 0 amide bonds. The molecule has 78 valence electrons. The molecule has 4 nitrogen and oxygen atoms in total. The molecule has 0 unspecified atom stereocenters. The van der Waals surface area contributed by atoms with Crippen molar-refractivity contribution < 1.29 is 0 Å². The summed E-state index contributed by atoms with van der Waals surface area (Å²) in [6.07, 6.45) is 1.95. The van der Waals surface area contributed by atoms with Gasteiger partial charge in [0.1, 0.15) is 0 Å². The Balaban J connectivity index is 2.05. The quantitative estimate of drug-likeness (QED) is 0.757. The Morgan fingerprint density at radius 1 is 1.20 bits per heavy atom. The summed E-state index contributed by atoms with van der Waals surface area (Å²) in [5, 5.41) is 12.3. The average Bonchev–Trinajstić information content (AvgIpc) is 2.68. The Kier molecular flexibility index (Phi) is 3.07. The van der Waals surface area contributed by atoms with Crippen LogP contribution in [0.4, 0.5) is 0 Å². The van der Waals surface area contributed by atoms with E-state index < -0.39 is 0 Å². The van der Waals surface area contributed by atoms with Crippen molar-refractivity contribution in [2.24, 2.45) is 0 Å². The van der Waals surface area contributed by atoms with Crippen molar-refractivity contribution in [2.75, 3.05) is 0 Å². The molecule has 0 atom stereocenters. The maximum Gasteiger partial charge on any atom is 0.174 e. The van der Waals surface area contributed by atoms with Gasteiger partial charge in [-0.1, -0.05) is 37.3 Å². The number of benzene rings is 1. The largest absolute Gasteiger partial charge is 0.174 e. The summed E-state index contributed by atoms with van der Waals surface area (Å²) in [4.78, 5) is 1.64. The van der Waals surface area contributed by atoms with Gasteiger partial charge in [0, 0.05) is 6.42 Å². The zero-order valence-electron chi connectivity index (χ0n) is 8.80. The Labute approximate surface area is 88.9 Å². The van der Waals surface area contributed by atoms with Crippen LogP contribution in [0, 0.1) is 0 Å². The van der Waals surface area contributed by atoms with E-state index in [2.05, 4.69) is 34.5 Å². The second-order valence-corrected chi connectivity index (χ2v) is 3.47. The molecule has 0 bridgehead atoms. The second-order valence-electron chi connectivity index (χ2n) is 3.47. The number of tetrazole rings is 1. The highest BCUT2D eigenvalue weighted by atomic mass is 15.6. The summed E-state index contributed by atoms with van der Waals surface area (Å²) < 4.78 is 0. The van der Waals surface area contributed by atoms with E-state index in [-0.39, 0.29) is 0 Å². The third kappa shape index (κ3) is 2.62. The first-order chi connectivity index (χ1) is 7.38. The van der Waals surface area contributed by atoms with E-state index in [1.54, 1.807) is 4.80 Å². The molecule has 2 aromatic rings. The van der Waals surface area contributed by atoms with Crippen LogP contribution in [-0.2, 0) is 13.0 Å². The number of aromatic nitrogens is 4. The highest BCUT2D eigenvalue weighted by Crippen LogP contribution is 2.00. The van der Waals surface area contributed by atoms with Gasteiger partial charge in [0.25, 0.3) is 0 Å².